The topological polar surface area (TPSA) is 87.2 Å². The van der Waals surface area contributed by atoms with Gasteiger partial charge in [0.25, 0.3) is 0 Å². The van der Waals surface area contributed by atoms with Gasteiger partial charge in [-0.2, -0.15) is 0 Å². The number of nitrogens with one attached hydrogen (secondary N) is 2. The van der Waals surface area contributed by atoms with E-state index in [0.717, 1.165) is 18.7 Å². The van der Waals surface area contributed by atoms with Crippen molar-refractivity contribution in [2.24, 2.45) is 0 Å². The lowest BCUT2D eigenvalue weighted by Crippen LogP contribution is -2.21. The SMILES string of the molecule is CN(C)CCNc1ccc(NS(=O)(=O)CCc2ccccc2)nn1. The van der Waals surface area contributed by atoms with Gasteiger partial charge in [-0.1, -0.05) is 30.3 Å². The summed E-state index contributed by atoms with van der Waals surface area (Å²) >= 11 is 0. The molecule has 0 spiro atoms. The van der Waals surface area contributed by atoms with Crippen LogP contribution in [0.2, 0.25) is 0 Å². The van der Waals surface area contributed by atoms with Crippen molar-refractivity contribution in [1.29, 1.82) is 0 Å². The Bertz CT molecular complexity index is 718. The highest BCUT2D eigenvalue weighted by atomic mass is 32.2. The van der Waals surface area contributed by atoms with Crippen LogP contribution in [-0.4, -0.2) is 56.5 Å². The number of rotatable bonds is 9. The van der Waals surface area contributed by atoms with Gasteiger partial charge in [0.15, 0.2) is 5.82 Å². The van der Waals surface area contributed by atoms with Gasteiger partial charge in [0.05, 0.1) is 5.75 Å². The van der Waals surface area contributed by atoms with Crippen molar-refractivity contribution in [2.75, 3.05) is 43.0 Å². The molecule has 0 amide bonds. The van der Waals surface area contributed by atoms with Crippen molar-refractivity contribution < 1.29 is 8.42 Å². The summed E-state index contributed by atoms with van der Waals surface area (Å²) in [4.78, 5) is 2.05. The minimum absolute atomic E-state index is 0.00152. The summed E-state index contributed by atoms with van der Waals surface area (Å²) in [7, 11) is 0.520. The fraction of sp³-hybridized carbons (Fsp3) is 0.375. The number of likely N-dealkylation sites (N-methyl/N-ethyl adjacent to an activating group) is 1. The van der Waals surface area contributed by atoms with Gasteiger partial charge in [-0.3, -0.25) is 4.72 Å². The Morgan fingerprint density at radius 2 is 1.67 bits per heavy atom. The standard InChI is InChI=1S/C16H23N5O2S/c1-21(2)12-11-17-15-8-9-16(19-18-15)20-24(22,23)13-10-14-6-4-3-5-7-14/h3-9H,10-13H2,1-2H3,(H,17,18)(H,19,20). The third-order valence-electron chi connectivity index (χ3n) is 3.29. The van der Waals surface area contributed by atoms with E-state index < -0.39 is 10.0 Å². The molecule has 24 heavy (non-hydrogen) atoms. The second-order valence-corrected chi connectivity index (χ2v) is 7.53. The molecule has 0 atom stereocenters. The van der Waals surface area contributed by atoms with Crippen LogP contribution in [0.25, 0.3) is 0 Å². The van der Waals surface area contributed by atoms with E-state index in [1.165, 1.54) is 0 Å². The predicted octanol–water partition coefficient (Wildman–Crippen LogP) is 1.43. The van der Waals surface area contributed by atoms with E-state index in [9.17, 15) is 8.42 Å². The van der Waals surface area contributed by atoms with E-state index in [1.54, 1.807) is 12.1 Å². The molecule has 0 bridgehead atoms. The molecule has 1 heterocycles. The molecule has 0 saturated carbocycles. The number of benzene rings is 1. The van der Waals surface area contributed by atoms with E-state index in [0.29, 0.717) is 12.2 Å². The van der Waals surface area contributed by atoms with Crippen molar-refractivity contribution in [1.82, 2.24) is 15.1 Å². The maximum Gasteiger partial charge on any atom is 0.234 e. The normalized spacial score (nSPS) is 11.5. The molecule has 0 aliphatic rings. The van der Waals surface area contributed by atoms with Crippen LogP contribution in [-0.2, 0) is 16.4 Å². The zero-order valence-electron chi connectivity index (χ0n) is 13.9. The summed E-state index contributed by atoms with van der Waals surface area (Å²) in [6.45, 7) is 1.61. The highest BCUT2D eigenvalue weighted by Crippen LogP contribution is 2.09. The lowest BCUT2D eigenvalue weighted by Gasteiger charge is -2.11. The van der Waals surface area contributed by atoms with Gasteiger partial charge >= 0.3 is 0 Å². The molecule has 0 unspecified atom stereocenters. The molecule has 0 aliphatic heterocycles. The lowest BCUT2D eigenvalue weighted by molar-refractivity contribution is 0.425. The molecule has 7 nitrogen and oxygen atoms in total. The Hall–Kier alpha value is -2.19. The number of nitrogens with zero attached hydrogens (tertiary/aromatic N) is 3. The van der Waals surface area contributed by atoms with E-state index in [2.05, 4.69) is 25.1 Å². The van der Waals surface area contributed by atoms with Crippen LogP contribution in [0.15, 0.2) is 42.5 Å². The van der Waals surface area contributed by atoms with Crippen LogP contribution in [0.3, 0.4) is 0 Å². The van der Waals surface area contributed by atoms with Crippen LogP contribution in [0.1, 0.15) is 5.56 Å². The lowest BCUT2D eigenvalue weighted by atomic mass is 10.2. The first-order valence-corrected chi connectivity index (χ1v) is 9.36. The summed E-state index contributed by atoms with van der Waals surface area (Å²) in [5.74, 6) is 0.840. The predicted molar refractivity (Wildman–Crippen MR) is 96.6 cm³/mol. The van der Waals surface area contributed by atoms with Gasteiger partial charge in [-0.25, -0.2) is 8.42 Å². The second-order valence-electron chi connectivity index (χ2n) is 5.69. The molecule has 8 heteroatoms. The molecular weight excluding hydrogens is 326 g/mol. The molecule has 2 rings (SSSR count). The van der Waals surface area contributed by atoms with E-state index in [-0.39, 0.29) is 11.6 Å². The third kappa shape index (κ3) is 6.51. The Labute approximate surface area is 143 Å². The molecule has 1 aromatic heterocycles. The van der Waals surface area contributed by atoms with Crippen LogP contribution < -0.4 is 10.0 Å². The molecule has 0 fully saturated rings. The summed E-state index contributed by atoms with van der Waals surface area (Å²) in [5, 5.41) is 11.0. The average Bonchev–Trinajstić information content (AvgIpc) is 2.55. The Balaban J connectivity index is 1.85. The van der Waals surface area contributed by atoms with E-state index in [1.807, 2.05) is 44.4 Å². The Morgan fingerprint density at radius 1 is 1.00 bits per heavy atom. The highest BCUT2D eigenvalue weighted by molar-refractivity contribution is 7.92. The smallest absolute Gasteiger partial charge is 0.234 e. The summed E-state index contributed by atoms with van der Waals surface area (Å²) in [6.07, 6.45) is 0.452. The molecule has 0 radical (unpaired) electrons. The van der Waals surface area contributed by atoms with Crippen molar-refractivity contribution >= 4 is 21.7 Å². The van der Waals surface area contributed by atoms with E-state index in [4.69, 9.17) is 0 Å². The zero-order chi connectivity index (χ0) is 17.4. The van der Waals surface area contributed by atoms with Crippen LogP contribution >= 0.6 is 0 Å². The monoisotopic (exact) mass is 349 g/mol. The molecule has 2 N–H and O–H groups in total. The molecule has 0 saturated heterocycles. The van der Waals surface area contributed by atoms with Gasteiger partial charge in [0.2, 0.25) is 10.0 Å². The van der Waals surface area contributed by atoms with Crippen molar-refractivity contribution in [2.45, 2.75) is 6.42 Å². The highest BCUT2D eigenvalue weighted by Gasteiger charge is 2.12. The van der Waals surface area contributed by atoms with Crippen molar-refractivity contribution in [3.05, 3.63) is 48.0 Å². The van der Waals surface area contributed by atoms with Gasteiger partial charge in [-0.15, -0.1) is 10.2 Å². The van der Waals surface area contributed by atoms with Gasteiger partial charge in [0, 0.05) is 13.1 Å². The van der Waals surface area contributed by atoms with Crippen molar-refractivity contribution in [3.8, 4) is 0 Å². The van der Waals surface area contributed by atoms with Gasteiger partial charge in [-0.05, 0) is 38.2 Å². The molecular formula is C16H23N5O2S. The summed E-state index contributed by atoms with van der Waals surface area (Å²) in [6, 6.07) is 12.8. The van der Waals surface area contributed by atoms with E-state index >= 15 is 0 Å². The van der Waals surface area contributed by atoms with Gasteiger partial charge < -0.3 is 10.2 Å². The minimum Gasteiger partial charge on any atom is -0.367 e. The third-order valence-corrected chi connectivity index (χ3v) is 4.55. The van der Waals surface area contributed by atoms with Crippen LogP contribution in [0.4, 0.5) is 11.6 Å². The summed E-state index contributed by atoms with van der Waals surface area (Å²) < 4.78 is 26.7. The Morgan fingerprint density at radius 3 is 2.29 bits per heavy atom. The zero-order valence-corrected chi connectivity index (χ0v) is 14.8. The summed E-state index contributed by atoms with van der Waals surface area (Å²) in [5.41, 5.74) is 0.981. The largest absolute Gasteiger partial charge is 0.367 e. The number of hydrogen-bond acceptors (Lipinski definition) is 6. The molecule has 1 aromatic carbocycles. The second kappa shape index (κ2) is 8.60. The number of aryl methyl sites for hydroxylation is 1. The quantitative estimate of drug-likeness (QED) is 0.712. The average molecular weight is 349 g/mol. The maximum atomic E-state index is 12.1. The fourth-order valence-corrected chi connectivity index (χ4v) is 3.03. The maximum absolute atomic E-state index is 12.1. The molecule has 2 aromatic rings. The molecule has 130 valence electrons. The molecule has 0 aliphatic carbocycles. The number of anilines is 2. The minimum atomic E-state index is -3.45. The first-order chi connectivity index (χ1) is 11.4. The van der Waals surface area contributed by atoms with Crippen LogP contribution in [0, 0.1) is 0 Å². The first-order valence-electron chi connectivity index (χ1n) is 7.71. The van der Waals surface area contributed by atoms with Crippen molar-refractivity contribution in [3.63, 3.8) is 0 Å². The van der Waals surface area contributed by atoms with Gasteiger partial charge in [0.1, 0.15) is 5.82 Å². The number of aromatic nitrogens is 2. The Kier molecular flexibility index (Phi) is 6.51. The van der Waals surface area contributed by atoms with Crippen LogP contribution in [0.5, 0.6) is 0 Å². The fourth-order valence-electron chi connectivity index (χ4n) is 2.00. The number of sulfonamides is 1. The first kappa shape index (κ1) is 18.2. The number of hydrogen-bond donors (Lipinski definition) is 2.